The highest BCUT2D eigenvalue weighted by Crippen LogP contribution is 2.29. The van der Waals surface area contributed by atoms with Gasteiger partial charge in [-0.25, -0.2) is 4.98 Å². The molecule has 1 aromatic heterocycles. The number of thiazole rings is 1. The van der Waals surface area contributed by atoms with E-state index >= 15 is 0 Å². The van der Waals surface area contributed by atoms with Crippen LogP contribution in [0.4, 0.5) is 5.69 Å². The predicted molar refractivity (Wildman–Crippen MR) is 115 cm³/mol. The molecule has 1 fully saturated rings. The largest absolute Gasteiger partial charge is 0.349 e. The Morgan fingerprint density at radius 3 is 2.64 bits per heavy atom. The number of amides is 2. The van der Waals surface area contributed by atoms with Gasteiger partial charge in [0.2, 0.25) is 5.91 Å². The highest BCUT2D eigenvalue weighted by molar-refractivity contribution is 8.01. The Balaban J connectivity index is 1.37. The average Bonchev–Trinajstić information content (AvgIpc) is 3.36. The molecular weight excluding hydrogens is 390 g/mol. The molecule has 0 aliphatic heterocycles. The van der Waals surface area contributed by atoms with E-state index in [1.807, 2.05) is 36.4 Å². The van der Waals surface area contributed by atoms with E-state index in [-0.39, 0.29) is 23.6 Å². The van der Waals surface area contributed by atoms with Crippen LogP contribution in [-0.2, 0) is 4.79 Å². The van der Waals surface area contributed by atoms with Crippen molar-refractivity contribution in [2.24, 2.45) is 0 Å². The molecule has 2 aromatic carbocycles. The number of nitrogens with one attached hydrogen (secondary N) is 2. The lowest BCUT2D eigenvalue weighted by atomic mass is 10.1. The molecule has 144 valence electrons. The van der Waals surface area contributed by atoms with E-state index in [1.54, 1.807) is 23.5 Å². The molecule has 0 spiro atoms. The second-order valence-electron chi connectivity index (χ2n) is 6.78. The van der Waals surface area contributed by atoms with Crippen molar-refractivity contribution in [1.29, 1.82) is 0 Å². The van der Waals surface area contributed by atoms with Gasteiger partial charge < -0.3 is 10.6 Å². The van der Waals surface area contributed by atoms with Gasteiger partial charge in [0.1, 0.15) is 0 Å². The molecular formula is C21H21N3O2S2. The van der Waals surface area contributed by atoms with E-state index in [4.69, 9.17) is 0 Å². The SMILES string of the molecule is O=C(CSc1nc2ccccc2s1)Nc1ccccc1C(=O)NC1CCCC1. The molecule has 0 unspecified atom stereocenters. The number of fused-ring (bicyclic) bond motifs is 1. The Morgan fingerprint density at radius 1 is 1.07 bits per heavy atom. The molecule has 7 heteroatoms. The molecule has 2 N–H and O–H groups in total. The van der Waals surface area contributed by atoms with E-state index in [9.17, 15) is 9.59 Å². The number of thioether (sulfide) groups is 1. The standard InChI is InChI=1S/C21H21N3O2S2/c25-19(13-27-21-24-17-11-5-6-12-18(17)28-21)23-16-10-4-3-9-15(16)20(26)22-14-7-1-2-8-14/h3-6,9-12,14H,1-2,7-8,13H2,(H,22,26)(H,23,25). The lowest BCUT2D eigenvalue weighted by Gasteiger charge is -2.14. The van der Waals surface area contributed by atoms with E-state index in [2.05, 4.69) is 15.6 Å². The molecule has 1 heterocycles. The minimum absolute atomic E-state index is 0.123. The fourth-order valence-corrected chi connectivity index (χ4v) is 5.22. The smallest absolute Gasteiger partial charge is 0.253 e. The van der Waals surface area contributed by atoms with Crippen LogP contribution in [0, 0.1) is 0 Å². The van der Waals surface area contributed by atoms with Crippen molar-refractivity contribution >= 4 is 50.8 Å². The monoisotopic (exact) mass is 411 g/mol. The third kappa shape index (κ3) is 4.54. The number of carbonyl (C=O) groups excluding carboxylic acids is 2. The van der Waals surface area contributed by atoms with E-state index in [1.165, 1.54) is 11.8 Å². The molecule has 0 radical (unpaired) electrons. The summed E-state index contributed by atoms with van der Waals surface area (Å²) in [6.07, 6.45) is 4.37. The number of para-hydroxylation sites is 2. The Morgan fingerprint density at radius 2 is 1.82 bits per heavy atom. The summed E-state index contributed by atoms with van der Waals surface area (Å²) in [6, 6.07) is 15.3. The Hall–Kier alpha value is -2.38. The maximum Gasteiger partial charge on any atom is 0.253 e. The third-order valence-corrected chi connectivity index (χ3v) is 6.92. The summed E-state index contributed by atoms with van der Waals surface area (Å²) in [5.41, 5.74) is 2.00. The first-order chi connectivity index (χ1) is 13.7. The van der Waals surface area contributed by atoms with Gasteiger partial charge in [-0.2, -0.15) is 0 Å². The molecule has 28 heavy (non-hydrogen) atoms. The summed E-state index contributed by atoms with van der Waals surface area (Å²) in [6.45, 7) is 0. The highest BCUT2D eigenvalue weighted by atomic mass is 32.2. The molecule has 1 aliphatic rings. The van der Waals surface area contributed by atoms with Crippen LogP contribution in [0.15, 0.2) is 52.9 Å². The second-order valence-corrected chi connectivity index (χ2v) is 9.04. The number of nitrogens with zero attached hydrogens (tertiary/aromatic N) is 1. The van der Waals surface area contributed by atoms with Gasteiger partial charge >= 0.3 is 0 Å². The molecule has 4 rings (SSSR count). The average molecular weight is 412 g/mol. The zero-order valence-corrected chi connectivity index (χ0v) is 16.9. The lowest BCUT2D eigenvalue weighted by Crippen LogP contribution is -2.33. The van der Waals surface area contributed by atoms with Crippen LogP contribution < -0.4 is 10.6 Å². The van der Waals surface area contributed by atoms with Crippen molar-refractivity contribution in [3.63, 3.8) is 0 Å². The van der Waals surface area contributed by atoms with Gasteiger partial charge in [0.15, 0.2) is 4.34 Å². The maximum absolute atomic E-state index is 12.6. The van der Waals surface area contributed by atoms with Crippen LogP contribution in [0.3, 0.4) is 0 Å². The van der Waals surface area contributed by atoms with Crippen molar-refractivity contribution in [3.8, 4) is 0 Å². The molecule has 1 aliphatic carbocycles. The highest BCUT2D eigenvalue weighted by Gasteiger charge is 2.20. The van der Waals surface area contributed by atoms with Crippen molar-refractivity contribution < 1.29 is 9.59 Å². The first-order valence-corrected chi connectivity index (χ1v) is 11.2. The van der Waals surface area contributed by atoms with Crippen molar-refractivity contribution in [2.45, 2.75) is 36.1 Å². The summed E-state index contributed by atoms with van der Waals surface area (Å²) in [7, 11) is 0. The zero-order valence-electron chi connectivity index (χ0n) is 15.3. The predicted octanol–water partition coefficient (Wildman–Crippen LogP) is 4.70. The van der Waals surface area contributed by atoms with Crippen molar-refractivity contribution in [1.82, 2.24) is 10.3 Å². The second kappa shape index (κ2) is 8.75. The number of carbonyl (C=O) groups is 2. The van der Waals surface area contributed by atoms with Gasteiger partial charge in [0, 0.05) is 6.04 Å². The summed E-state index contributed by atoms with van der Waals surface area (Å²) >= 11 is 2.99. The van der Waals surface area contributed by atoms with Crippen molar-refractivity contribution in [2.75, 3.05) is 11.1 Å². The van der Waals surface area contributed by atoms with Gasteiger partial charge in [-0.3, -0.25) is 9.59 Å². The number of benzene rings is 2. The number of anilines is 1. The fraction of sp³-hybridized carbons (Fsp3) is 0.286. The lowest BCUT2D eigenvalue weighted by molar-refractivity contribution is -0.113. The fourth-order valence-electron chi connectivity index (χ4n) is 3.35. The Bertz CT molecular complexity index is 963. The van der Waals surface area contributed by atoms with Gasteiger partial charge in [-0.1, -0.05) is 48.9 Å². The number of hydrogen-bond acceptors (Lipinski definition) is 5. The molecule has 0 bridgehead atoms. The zero-order chi connectivity index (χ0) is 19.3. The van der Waals surface area contributed by atoms with Crippen LogP contribution in [0.2, 0.25) is 0 Å². The maximum atomic E-state index is 12.6. The van der Waals surface area contributed by atoms with E-state index in [0.717, 1.165) is 40.2 Å². The van der Waals surface area contributed by atoms with Crippen LogP contribution in [0.1, 0.15) is 36.0 Å². The Labute approximate surface area is 171 Å². The number of hydrogen-bond donors (Lipinski definition) is 2. The first kappa shape index (κ1) is 19.0. The van der Waals surface area contributed by atoms with Crippen LogP contribution in [-0.4, -0.2) is 28.6 Å². The van der Waals surface area contributed by atoms with Crippen LogP contribution in [0.25, 0.3) is 10.2 Å². The first-order valence-electron chi connectivity index (χ1n) is 9.37. The normalized spacial score (nSPS) is 14.3. The summed E-state index contributed by atoms with van der Waals surface area (Å²) < 4.78 is 1.97. The Kier molecular flexibility index (Phi) is 5.92. The molecule has 0 saturated heterocycles. The van der Waals surface area contributed by atoms with Gasteiger partial charge in [-0.15, -0.1) is 11.3 Å². The summed E-state index contributed by atoms with van der Waals surface area (Å²) in [4.78, 5) is 29.6. The van der Waals surface area contributed by atoms with Crippen molar-refractivity contribution in [3.05, 3.63) is 54.1 Å². The number of aromatic nitrogens is 1. The summed E-state index contributed by atoms with van der Waals surface area (Å²) in [5, 5.41) is 5.95. The van der Waals surface area contributed by atoms with Crippen LogP contribution >= 0.6 is 23.1 Å². The summed E-state index contributed by atoms with van der Waals surface area (Å²) in [5.74, 6) is -0.0229. The van der Waals surface area contributed by atoms with E-state index < -0.39 is 0 Å². The quantitative estimate of drug-likeness (QED) is 0.577. The van der Waals surface area contributed by atoms with Crippen LogP contribution in [0.5, 0.6) is 0 Å². The topological polar surface area (TPSA) is 71.1 Å². The van der Waals surface area contributed by atoms with Gasteiger partial charge in [-0.05, 0) is 37.1 Å². The van der Waals surface area contributed by atoms with Gasteiger partial charge in [0.25, 0.3) is 5.91 Å². The number of rotatable bonds is 6. The minimum Gasteiger partial charge on any atom is -0.349 e. The molecule has 2 amide bonds. The van der Waals surface area contributed by atoms with Gasteiger partial charge in [0.05, 0.1) is 27.2 Å². The minimum atomic E-state index is -0.148. The van der Waals surface area contributed by atoms with E-state index in [0.29, 0.717) is 11.3 Å². The molecule has 5 nitrogen and oxygen atoms in total. The molecule has 3 aromatic rings. The third-order valence-electron chi connectivity index (χ3n) is 4.74. The molecule has 0 atom stereocenters. The molecule has 1 saturated carbocycles.